The summed E-state index contributed by atoms with van der Waals surface area (Å²) >= 11 is 0. The third-order valence-electron chi connectivity index (χ3n) is 5.00. The van der Waals surface area contributed by atoms with Crippen LogP contribution in [0.15, 0.2) is 61.1 Å². The van der Waals surface area contributed by atoms with Crippen molar-refractivity contribution in [3.63, 3.8) is 0 Å². The van der Waals surface area contributed by atoms with Crippen molar-refractivity contribution >= 4 is 11.8 Å². The lowest BCUT2D eigenvalue weighted by Gasteiger charge is -2.39. The predicted molar refractivity (Wildman–Crippen MR) is 106 cm³/mol. The van der Waals surface area contributed by atoms with Crippen LogP contribution in [0.2, 0.25) is 0 Å². The number of hydrogen-bond donors (Lipinski definition) is 1. The Morgan fingerprint density at radius 3 is 2.55 bits per heavy atom. The van der Waals surface area contributed by atoms with E-state index >= 15 is 0 Å². The zero-order valence-electron chi connectivity index (χ0n) is 15.9. The maximum absolute atomic E-state index is 12.3. The molecule has 29 heavy (non-hydrogen) atoms. The van der Waals surface area contributed by atoms with Gasteiger partial charge in [-0.25, -0.2) is 4.68 Å². The van der Waals surface area contributed by atoms with Gasteiger partial charge in [0.05, 0.1) is 12.2 Å². The molecule has 1 aliphatic rings. The van der Waals surface area contributed by atoms with Crippen LogP contribution in [0.5, 0.6) is 0 Å². The number of rotatable bonds is 7. The van der Waals surface area contributed by atoms with Crippen molar-refractivity contribution in [2.45, 2.75) is 25.4 Å². The third kappa shape index (κ3) is 4.66. The maximum Gasteiger partial charge on any atom is 0.273 e. The fraction of sp³-hybridized carbons (Fsp3) is 0.286. The normalized spacial score (nSPS) is 13.7. The van der Waals surface area contributed by atoms with Gasteiger partial charge in [0.2, 0.25) is 5.91 Å². The minimum absolute atomic E-state index is 0.0601. The fourth-order valence-corrected chi connectivity index (χ4v) is 3.21. The monoisotopic (exact) mass is 390 g/mol. The van der Waals surface area contributed by atoms with Crippen LogP contribution >= 0.6 is 0 Å². The smallest absolute Gasteiger partial charge is 0.273 e. The van der Waals surface area contributed by atoms with E-state index in [1.807, 2.05) is 47.4 Å². The molecule has 8 nitrogen and oxygen atoms in total. The van der Waals surface area contributed by atoms with Crippen molar-refractivity contribution in [1.29, 1.82) is 0 Å². The second-order valence-corrected chi connectivity index (χ2v) is 7.06. The van der Waals surface area contributed by atoms with Gasteiger partial charge in [-0.05, 0) is 29.7 Å². The quantitative estimate of drug-likeness (QED) is 0.662. The van der Waals surface area contributed by atoms with E-state index in [4.69, 9.17) is 0 Å². The standard InChI is InChI=1S/C21H22N6O2/c28-20(7-6-16-4-2-1-3-5-16)26-13-18(14-26)27-15-19(24-25-27)21(29)23-12-17-8-10-22-11-9-17/h1-5,8-11,15,18H,6-7,12-14H2,(H,23,29). The topological polar surface area (TPSA) is 93.0 Å². The Bertz CT molecular complexity index is 967. The van der Waals surface area contributed by atoms with Gasteiger partial charge < -0.3 is 10.2 Å². The summed E-state index contributed by atoms with van der Waals surface area (Å²) in [6.45, 7) is 1.59. The molecule has 1 fully saturated rings. The fourth-order valence-electron chi connectivity index (χ4n) is 3.21. The van der Waals surface area contributed by atoms with Gasteiger partial charge in [0.25, 0.3) is 5.91 Å². The highest BCUT2D eigenvalue weighted by atomic mass is 16.2. The molecule has 0 spiro atoms. The summed E-state index contributed by atoms with van der Waals surface area (Å²) in [6.07, 6.45) is 6.24. The molecule has 1 aliphatic heterocycles. The first kappa shape index (κ1) is 18.8. The molecule has 1 N–H and O–H groups in total. The first-order valence-corrected chi connectivity index (χ1v) is 9.59. The number of pyridine rings is 1. The molecule has 0 bridgehead atoms. The van der Waals surface area contributed by atoms with Crippen LogP contribution in [0.25, 0.3) is 0 Å². The van der Waals surface area contributed by atoms with Crippen molar-refractivity contribution in [3.05, 3.63) is 77.9 Å². The Balaban J connectivity index is 1.23. The van der Waals surface area contributed by atoms with E-state index in [9.17, 15) is 9.59 Å². The first-order valence-electron chi connectivity index (χ1n) is 9.59. The van der Waals surface area contributed by atoms with Gasteiger partial charge >= 0.3 is 0 Å². The summed E-state index contributed by atoms with van der Waals surface area (Å²) < 4.78 is 1.67. The second-order valence-electron chi connectivity index (χ2n) is 7.06. The summed E-state index contributed by atoms with van der Waals surface area (Å²) in [5.74, 6) is -0.135. The van der Waals surface area contributed by atoms with Crippen molar-refractivity contribution in [2.24, 2.45) is 0 Å². The average Bonchev–Trinajstić information content (AvgIpc) is 3.21. The van der Waals surface area contributed by atoms with Crippen molar-refractivity contribution in [3.8, 4) is 0 Å². The van der Waals surface area contributed by atoms with Gasteiger partial charge in [0.1, 0.15) is 0 Å². The van der Waals surface area contributed by atoms with Crippen molar-refractivity contribution < 1.29 is 9.59 Å². The molecule has 0 unspecified atom stereocenters. The number of aromatic nitrogens is 4. The van der Waals surface area contributed by atoms with E-state index in [1.54, 1.807) is 23.3 Å². The summed E-state index contributed by atoms with van der Waals surface area (Å²) in [5, 5.41) is 10.8. The number of hydrogen-bond acceptors (Lipinski definition) is 5. The van der Waals surface area contributed by atoms with E-state index in [0.29, 0.717) is 26.1 Å². The summed E-state index contributed by atoms with van der Waals surface area (Å²) in [4.78, 5) is 30.3. The Morgan fingerprint density at radius 1 is 1.03 bits per heavy atom. The number of carbonyl (C=O) groups excluding carboxylic acids is 2. The molecular formula is C21H22N6O2. The summed E-state index contributed by atoms with van der Waals surface area (Å²) in [6, 6.07) is 13.7. The van der Waals surface area contributed by atoms with Crippen LogP contribution in [0.3, 0.4) is 0 Å². The average molecular weight is 390 g/mol. The zero-order chi connectivity index (χ0) is 20.1. The molecule has 0 saturated carbocycles. The highest BCUT2D eigenvalue weighted by Crippen LogP contribution is 2.21. The van der Waals surface area contributed by atoms with Crippen LogP contribution in [-0.2, 0) is 17.8 Å². The summed E-state index contributed by atoms with van der Waals surface area (Å²) in [7, 11) is 0. The van der Waals surface area contributed by atoms with Gasteiger partial charge in [0, 0.05) is 38.4 Å². The molecule has 2 aromatic heterocycles. The highest BCUT2D eigenvalue weighted by Gasteiger charge is 2.32. The Hall–Kier alpha value is -3.55. The van der Waals surface area contributed by atoms with Gasteiger partial charge in [-0.3, -0.25) is 14.6 Å². The molecular weight excluding hydrogens is 368 g/mol. The molecule has 4 rings (SSSR count). The number of aryl methyl sites for hydroxylation is 1. The van der Waals surface area contributed by atoms with Crippen molar-refractivity contribution in [2.75, 3.05) is 13.1 Å². The largest absolute Gasteiger partial charge is 0.347 e. The predicted octanol–water partition coefficient (Wildman–Crippen LogP) is 1.62. The number of nitrogens with one attached hydrogen (secondary N) is 1. The molecule has 0 aliphatic carbocycles. The lowest BCUT2D eigenvalue weighted by atomic mass is 10.1. The van der Waals surface area contributed by atoms with Gasteiger partial charge in [0.15, 0.2) is 5.69 Å². The highest BCUT2D eigenvalue weighted by molar-refractivity contribution is 5.91. The molecule has 1 aromatic carbocycles. The van der Waals surface area contributed by atoms with E-state index in [1.165, 1.54) is 0 Å². The molecule has 1 saturated heterocycles. The molecule has 3 aromatic rings. The molecule has 2 amide bonds. The number of likely N-dealkylation sites (tertiary alicyclic amines) is 1. The van der Waals surface area contributed by atoms with Crippen LogP contribution in [-0.4, -0.2) is 49.8 Å². The molecule has 148 valence electrons. The number of nitrogens with zero attached hydrogens (tertiary/aromatic N) is 5. The number of carbonyl (C=O) groups is 2. The van der Waals surface area contributed by atoms with Gasteiger partial charge in [-0.15, -0.1) is 5.10 Å². The Labute approximate surface area is 168 Å². The number of benzene rings is 1. The molecule has 3 heterocycles. The van der Waals surface area contributed by atoms with E-state index in [0.717, 1.165) is 17.5 Å². The lowest BCUT2D eigenvalue weighted by molar-refractivity contribution is -0.137. The van der Waals surface area contributed by atoms with Crippen LogP contribution in [0, 0.1) is 0 Å². The minimum atomic E-state index is -0.275. The molecule has 0 radical (unpaired) electrons. The SMILES string of the molecule is O=C(NCc1ccncc1)c1cn(C2CN(C(=O)CCc3ccccc3)C2)nn1. The molecule has 8 heteroatoms. The maximum atomic E-state index is 12.3. The van der Waals surface area contributed by atoms with Crippen LogP contribution < -0.4 is 5.32 Å². The van der Waals surface area contributed by atoms with Crippen molar-refractivity contribution in [1.82, 2.24) is 30.2 Å². The Morgan fingerprint density at radius 2 is 1.79 bits per heavy atom. The van der Waals surface area contributed by atoms with Crippen LogP contribution in [0.4, 0.5) is 0 Å². The van der Waals surface area contributed by atoms with E-state index in [-0.39, 0.29) is 23.6 Å². The van der Waals surface area contributed by atoms with E-state index in [2.05, 4.69) is 20.6 Å². The van der Waals surface area contributed by atoms with Gasteiger partial charge in [-0.1, -0.05) is 35.5 Å². The second kappa shape index (κ2) is 8.64. The third-order valence-corrected chi connectivity index (χ3v) is 5.00. The van der Waals surface area contributed by atoms with E-state index < -0.39 is 0 Å². The van der Waals surface area contributed by atoms with Gasteiger partial charge in [-0.2, -0.15) is 0 Å². The zero-order valence-corrected chi connectivity index (χ0v) is 15.9. The summed E-state index contributed by atoms with van der Waals surface area (Å²) in [5.41, 5.74) is 2.40. The lowest BCUT2D eigenvalue weighted by Crippen LogP contribution is -2.51. The molecule has 0 atom stereocenters. The first-order chi connectivity index (χ1) is 14.2. The Kier molecular flexibility index (Phi) is 5.60. The van der Waals surface area contributed by atoms with Crippen LogP contribution in [0.1, 0.15) is 34.1 Å². The minimum Gasteiger partial charge on any atom is -0.347 e. The number of amides is 2.